The van der Waals surface area contributed by atoms with Crippen LogP contribution in [-0.4, -0.2) is 37.9 Å². The maximum atomic E-state index is 12.0. The molecule has 1 unspecified atom stereocenters. The van der Waals surface area contributed by atoms with Crippen LogP contribution in [0.4, 0.5) is 18.9 Å². The summed E-state index contributed by atoms with van der Waals surface area (Å²) in [5.74, 6) is 0.389. The van der Waals surface area contributed by atoms with Crippen LogP contribution >= 0.6 is 0 Å². The lowest BCUT2D eigenvalue weighted by molar-refractivity contribution is -0.274. The first kappa shape index (κ1) is 15.0. The van der Waals surface area contributed by atoms with Crippen LogP contribution in [0.2, 0.25) is 0 Å². The summed E-state index contributed by atoms with van der Waals surface area (Å²) in [6, 6.07) is 5.85. The summed E-state index contributed by atoms with van der Waals surface area (Å²) in [6.07, 6.45) is -2.25. The average molecular weight is 288 g/mol. The zero-order valence-electron chi connectivity index (χ0n) is 11.4. The molecule has 3 nitrogen and oxygen atoms in total. The molecule has 6 heteroatoms. The number of nitrogens with one attached hydrogen (secondary N) is 1. The molecular weight excluding hydrogens is 269 g/mol. The summed E-state index contributed by atoms with van der Waals surface area (Å²) in [5, 5.41) is 3.26. The van der Waals surface area contributed by atoms with Crippen molar-refractivity contribution in [3.63, 3.8) is 0 Å². The van der Waals surface area contributed by atoms with Gasteiger partial charge in [0.2, 0.25) is 0 Å². The minimum absolute atomic E-state index is 0.194. The van der Waals surface area contributed by atoms with E-state index in [0.717, 1.165) is 25.3 Å². The molecule has 1 atom stereocenters. The molecule has 0 bridgehead atoms. The minimum Gasteiger partial charge on any atom is -0.406 e. The number of alkyl halides is 3. The number of rotatable bonds is 4. The van der Waals surface area contributed by atoms with Gasteiger partial charge in [-0.1, -0.05) is 0 Å². The van der Waals surface area contributed by atoms with Crippen molar-refractivity contribution in [1.29, 1.82) is 0 Å². The van der Waals surface area contributed by atoms with E-state index in [0.29, 0.717) is 5.92 Å². The summed E-state index contributed by atoms with van der Waals surface area (Å²) < 4.78 is 39.9. The van der Waals surface area contributed by atoms with Gasteiger partial charge in [-0.15, -0.1) is 13.2 Å². The Morgan fingerprint density at radius 3 is 2.60 bits per heavy atom. The number of nitrogens with zero attached hydrogens (tertiary/aromatic N) is 1. The Balaban J connectivity index is 1.81. The molecule has 1 aromatic carbocycles. The summed E-state index contributed by atoms with van der Waals surface area (Å²) in [4.78, 5) is 2.30. The van der Waals surface area contributed by atoms with E-state index in [2.05, 4.69) is 22.0 Å². The number of anilines is 1. The van der Waals surface area contributed by atoms with E-state index in [1.54, 1.807) is 12.1 Å². The first-order valence-corrected chi connectivity index (χ1v) is 6.70. The fourth-order valence-electron chi connectivity index (χ4n) is 2.48. The summed E-state index contributed by atoms with van der Waals surface area (Å²) in [6.45, 7) is 3.03. The van der Waals surface area contributed by atoms with Crippen molar-refractivity contribution in [3.8, 4) is 5.75 Å². The second-order valence-corrected chi connectivity index (χ2v) is 5.22. The van der Waals surface area contributed by atoms with Crippen LogP contribution in [0.25, 0.3) is 0 Å². The van der Waals surface area contributed by atoms with Gasteiger partial charge in [0.1, 0.15) is 5.75 Å². The summed E-state index contributed by atoms with van der Waals surface area (Å²) in [5.41, 5.74) is 0.813. The number of likely N-dealkylation sites (tertiary alicyclic amines) is 1. The Morgan fingerprint density at radius 2 is 2.00 bits per heavy atom. The third kappa shape index (κ3) is 4.92. The molecule has 0 aromatic heterocycles. The van der Waals surface area contributed by atoms with E-state index < -0.39 is 6.36 Å². The standard InChI is InChI=1S/C14H19F3N2O/c1-19-8-2-3-11(10-19)9-18-12-4-6-13(7-5-12)20-14(15,16)17/h4-7,11,18H,2-3,8-10H2,1H3. The molecule has 1 aromatic rings. The van der Waals surface area contributed by atoms with Crippen LogP contribution < -0.4 is 10.1 Å². The van der Waals surface area contributed by atoms with E-state index in [4.69, 9.17) is 0 Å². The van der Waals surface area contributed by atoms with E-state index in [1.165, 1.54) is 25.0 Å². The molecule has 112 valence electrons. The zero-order valence-corrected chi connectivity index (χ0v) is 11.4. The van der Waals surface area contributed by atoms with E-state index in [1.807, 2.05) is 0 Å². The molecule has 0 saturated carbocycles. The van der Waals surface area contributed by atoms with E-state index in [9.17, 15) is 13.2 Å². The predicted octanol–water partition coefficient (Wildman–Crippen LogP) is 3.34. The van der Waals surface area contributed by atoms with Crippen molar-refractivity contribution in [1.82, 2.24) is 4.90 Å². The molecule has 0 radical (unpaired) electrons. The van der Waals surface area contributed by atoms with Crippen LogP contribution in [0.5, 0.6) is 5.75 Å². The monoisotopic (exact) mass is 288 g/mol. The SMILES string of the molecule is CN1CCCC(CNc2ccc(OC(F)(F)F)cc2)C1. The van der Waals surface area contributed by atoms with Crippen molar-refractivity contribution < 1.29 is 17.9 Å². The smallest absolute Gasteiger partial charge is 0.406 e. The first-order chi connectivity index (χ1) is 9.42. The van der Waals surface area contributed by atoms with Gasteiger partial charge in [-0.25, -0.2) is 0 Å². The molecule has 1 fully saturated rings. The van der Waals surface area contributed by atoms with Crippen LogP contribution in [0.15, 0.2) is 24.3 Å². The van der Waals surface area contributed by atoms with Crippen molar-refractivity contribution in [2.45, 2.75) is 19.2 Å². The molecule has 1 aliphatic rings. The molecule has 20 heavy (non-hydrogen) atoms. The van der Waals surface area contributed by atoms with Gasteiger partial charge in [0, 0.05) is 18.8 Å². The highest BCUT2D eigenvalue weighted by Crippen LogP contribution is 2.24. The molecule has 0 spiro atoms. The Kier molecular flexibility index (Phi) is 4.75. The Bertz CT molecular complexity index is 419. The van der Waals surface area contributed by atoms with Crippen LogP contribution in [0, 0.1) is 5.92 Å². The van der Waals surface area contributed by atoms with Gasteiger partial charge in [-0.05, 0) is 56.6 Å². The quantitative estimate of drug-likeness (QED) is 0.919. The highest BCUT2D eigenvalue weighted by molar-refractivity contribution is 5.46. The lowest BCUT2D eigenvalue weighted by atomic mass is 9.98. The normalized spacial score (nSPS) is 20.7. The van der Waals surface area contributed by atoms with Gasteiger partial charge in [-0.2, -0.15) is 0 Å². The Labute approximate surface area is 116 Å². The molecule has 1 aliphatic heterocycles. The van der Waals surface area contributed by atoms with Gasteiger partial charge in [0.25, 0.3) is 0 Å². The lowest BCUT2D eigenvalue weighted by Crippen LogP contribution is -2.35. The second kappa shape index (κ2) is 6.35. The van der Waals surface area contributed by atoms with Crippen molar-refractivity contribution >= 4 is 5.69 Å². The first-order valence-electron chi connectivity index (χ1n) is 6.70. The maximum absolute atomic E-state index is 12.0. The van der Waals surface area contributed by atoms with Gasteiger partial charge < -0.3 is 15.0 Å². The molecule has 0 amide bonds. The summed E-state index contributed by atoms with van der Waals surface area (Å²) in [7, 11) is 2.11. The van der Waals surface area contributed by atoms with Crippen LogP contribution in [0.1, 0.15) is 12.8 Å². The third-order valence-electron chi connectivity index (χ3n) is 3.40. The predicted molar refractivity (Wildman–Crippen MR) is 71.8 cm³/mol. The van der Waals surface area contributed by atoms with Gasteiger partial charge in [0.05, 0.1) is 0 Å². The van der Waals surface area contributed by atoms with Gasteiger partial charge in [-0.3, -0.25) is 0 Å². The highest BCUT2D eigenvalue weighted by Gasteiger charge is 2.30. The van der Waals surface area contributed by atoms with E-state index >= 15 is 0 Å². The van der Waals surface area contributed by atoms with Crippen molar-refractivity contribution in [2.24, 2.45) is 5.92 Å². The Hall–Kier alpha value is -1.43. The molecule has 1 saturated heterocycles. The van der Waals surface area contributed by atoms with E-state index in [-0.39, 0.29) is 5.75 Å². The minimum atomic E-state index is -4.64. The van der Waals surface area contributed by atoms with Crippen LogP contribution in [-0.2, 0) is 0 Å². The largest absolute Gasteiger partial charge is 0.573 e. The lowest BCUT2D eigenvalue weighted by Gasteiger charge is -2.29. The fraction of sp³-hybridized carbons (Fsp3) is 0.571. The summed E-state index contributed by atoms with van der Waals surface area (Å²) >= 11 is 0. The van der Waals surface area contributed by atoms with Crippen molar-refractivity contribution in [3.05, 3.63) is 24.3 Å². The topological polar surface area (TPSA) is 24.5 Å². The number of hydrogen-bond acceptors (Lipinski definition) is 3. The second-order valence-electron chi connectivity index (χ2n) is 5.22. The maximum Gasteiger partial charge on any atom is 0.573 e. The third-order valence-corrected chi connectivity index (χ3v) is 3.40. The van der Waals surface area contributed by atoms with Crippen molar-refractivity contribution in [2.75, 3.05) is 32.0 Å². The molecule has 1 N–H and O–H groups in total. The Morgan fingerprint density at radius 1 is 1.30 bits per heavy atom. The number of piperidine rings is 1. The fourth-order valence-corrected chi connectivity index (χ4v) is 2.48. The van der Waals surface area contributed by atoms with Gasteiger partial charge in [0.15, 0.2) is 0 Å². The molecule has 1 heterocycles. The number of ether oxygens (including phenoxy) is 1. The number of halogens is 3. The molecule has 0 aliphatic carbocycles. The average Bonchev–Trinajstić information content (AvgIpc) is 2.36. The highest BCUT2D eigenvalue weighted by atomic mass is 19.4. The molecule has 2 rings (SSSR count). The molecular formula is C14H19F3N2O. The zero-order chi connectivity index (χ0) is 14.6. The number of hydrogen-bond donors (Lipinski definition) is 1. The van der Waals surface area contributed by atoms with Gasteiger partial charge >= 0.3 is 6.36 Å². The van der Waals surface area contributed by atoms with Crippen LogP contribution in [0.3, 0.4) is 0 Å². The number of benzene rings is 1.